The molecule has 4 rings (SSSR count). The van der Waals surface area contributed by atoms with Crippen molar-refractivity contribution >= 4 is 21.8 Å². The van der Waals surface area contributed by atoms with E-state index in [2.05, 4.69) is 26.3 Å². The summed E-state index contributed by atoms with van der Waals surface area (Å²) in [4.78, 5) is 15.1. The first-order valence-electron chi connectivity index (χ1n) is 8.54. The van der Waals surface area contributed by atoms with E-state index in [4.69, 9.17) is 4.74 Å². The van der Waals surface area contributed by atoms with Crippen LogP contribution in [-0.2, 0) is 23.0 Å². The molecule has 25 heavy (non-hydrogen) atoms. The zero-order valence-electron chi connectivity index (χ0n) is 14.1. The number of morpholine rings is 1. The Balaban J connectivity index is 1.54. The second-order valence-electron chi connectivity index (χ2n) is 6.47. The minimum atomic E-state index is -0.310. The Morgan fingerprint density at radius 3 is 3.04 bits per heavy atom. The van der Waals surface area contributed by atoms with Crippen LogP contribution in [0.5, 0.6) is 0 Å². The molecule has 1 fully saturated rings. The van der Waals surface area contributed by atoms with Crippen molar-refractivity contribution in [3.63, 3.8) is 0 Å². The summed E-state index contributed by atoms with van der Waals surface area (Å²) >= 11 is 3.58. The molecular weight excluding hydrogens is 384 g/mol. The Bertz CT molecular complexity index is 791. The molecule has 2 aliphatic heterocycles. The van der Waals surface area contributed by atoms with Crippen molar-refractivity contribution in [2.75, 3.05) is 26.2 Å². The lowest BCUT2D eigenvalue weighted by atomic mass is 9.99. The summed E-state index contributed by atoms with van der Waals surface area (Å²) in [6.07, 6.45) is 2.61. The number of ether oxygens (including phenoxy) is 1. The van der Waals surface area contributed by atoms with E-state index in [0.717, 1.165) is 34.3 Å². The van der Waals surface area contributed by atoms with Gasteiger partial charge in [-0.05, 0) is 11.6 Å². The summed E-state index contributed by atoms with van der Waals surface area (Å²) in [5, 5.41) is 7.68. The van der Waals surface area contributed by atoms with E-state index in [9.17, 15) is 4.79 Å². The van der Waals surface area contributed by atoms with Crippen LogP contribution in [0.25, 0.3) is 0 Å². The molecule has 0 saturated carbocycles. The molecule has 6 nitrogen and oxygen atoms in total. The number of nitrogens with one attached hydrogen (secondary N) is 1. The summed E-state index contributed by atoms with van der Waals surface area (Å²) < 4.78 is 8.81. The fraction of sp³-hybridized carbons (Fsp3) is 0.444. The Kier molecular flexibility index (Phi) is 4.62. The van der Waals surface area contributed by atoms with Gasteiger partial charge in [-0.15, -0.1) is 0 Å². The van der Waals surface area contributed by atoms with Crippen LogP contribution in [0.15, 0.2) is 34.9 Å². The number of amides is 1. The fourth-order valence-corrected chi connectivity index (χ4v) is 4.19. The van der Waals surface area contributed by atoms with Gasteiger partial charge < -0.3 is 15.0 Å². The summed E-state index contributed by atoms with van der Waals surface area (Å²) in [6, 6.07) is 7.71. The first kappa shape index (κ1) is 16.8. The van der Waals surface area contributed by atoms with Crippen LogP contribution >= 0.6 is 15.9 Å². The highest BCUT2D eigenvalue weighted by Crippen LogP contribution is 2.30. The molecule has 1 amide bonds. The number of benzene rings is 1. The lowest BCUT2D eigenvalue weighted by Gasteiger charge is -2.36. The fourth-order valence-electron chi connectivity index (χ4n) is 3.65. The van der Waals surface area contributed by atoms with Crippen LogP contribution in [0.4, 0.5) is 0 Å². The molecule has 3 heterocycles. The van der Waals surface area contributed by atoms with Crippen molar-refractivity contribution in [2.45, 2.75) is 18.6 Å². The summed E-state index contributed by atoms with van der Waals surface area (Å²) in [5.74, 6) is 0.106. The molecule has 0 bridgehead atoms. The number of hydrogen-bond acceptors (Lipinski definition) is 4. The first-order valence-corrected chi connectivity index (χ1v) is 9.33. The van der Waals surface area contributed by atoms with Crippen molar-refractivity contribution < 1.29 is 9.53 Å². The topological polar surface area (TPSA) is 59.4 Å². The summed E-state index contributed by atoms with van der Waals surface area (Å²) in [7, 11) is 1.93. The van der Waals surface area contributed by atoms with E-state index in [1.165, 1.54) is 0 Å². The van der Waals surface area contributed by atoms with Gasteiger partial charge in [0.05, 0.1) is 19.3 Å². The molecular formula is C18H21BrN4O2. The molecule has 2 aromatic rings. The third-order valence-corrected chi connectivity index (χ3v) is 5.71. The number of aryl methyl sites for hydroxylation is 1. The number of halogens is 1. The quantitative estimate of drug-likeness (QED) is 0.830. The monoisotopic (exact) mass is 404 g/mol. The second kappa shape index (κ2) is 6.90. The molecule has 132 valence electrons. The van der Waals surface area contributed by atoms with Crippen LogP contribution in [0.2, 0.25) is 0 Å². The number of nitrogens with zero attached hydrogens (tertiary/aromatic N) is 3. The lowest BCUT2D eigenvalue weighted by molar-refractivity contribution is -0.141. The molecule has 0 radical (unpaired) electrons. The van der Waals surface area contributed by atoms with E-state index >= 15 is 0 Å². The molecule has 0 aliphatic carbocycles. The lowest BCUT2D eigenvalue weighted by Crippen LogP contribution is -2.48. The summed E-state index contributed by atoms with van der Waals surface area (Å²) in [6.45, 7) is 2.52. The van der Waals surface area contributed by atoms with Gasteiger partial charge in [0.25, 0.3) is 0 Å². The smallest absolute Gasteiger partial charge is 0.244 e. The average Bonchev–Trinajstić information content (AvgIpc) is 3.03. The maximum absolute atomic E-state index is 13.1. The Labute approximate surface area is 155 Å². The van der Waals surface area contributed by atoms with E-state index in [1.807, 2.05) is 47.1 Å². The third-order valence-electron chi connectivity index (χ3n) is 4.99. The van der Waals surface area contributed by atoms with Crippen molar-refractivity contribution in [3.8, 4) is 0 Å². The van der Waals surface area contributed by atoms with Gasteiger partial charge in [-0.2, -0.15) is 5.10 Å². The standard InChI is InChI=1S/C18H21BrN4O2/c1-22-15-6-7-20-17(13(15)10-21-22)18(24)23-8-9-25-16(11-23)12-4-2-3-5-14(12)19/h2-5,10,16-17,20H,6-9,11H2,1H3. The number of fused-ring (bicyclic) bond motifs is 1. The zero-order valence-corrected chi connectivity index (χ0v) is 15.7. The van der Waals surface area contributed by atoms with Crippen molar-refractivity contribution in [1.29, 1.82) is 0 Å². The summed E-state index contributed by atoms with van der Waals surface area (Å²) in [5.41, 5.74) is 3.23. The number of carbonyl (C=O) groups is 1. The Morgan fingerprint density at radius 2 is 2.20 bits per heavy atom. The molecule has 1 saturated heterocycles. The van der Waals surface area contributed by atoms with Gasteiger partial charge in [-0.1, -0.05) is 34.1 Å². The van der Waals surface area contributed by atoms with E-state index < -0.39 is 0 Å². The molecule has 2 atom stereocenters. The maximum Gasteiger partial charge on any atom is 0.244 e. The molecule has 2 aliphatic rings. The van der Waals surface area contributed by atoms with Gasteiger partial charge in [0.15, 0.2) is 0 Å². The van der Waals surface area contributed by atoms with Crippen molar-refractivity contribution in [3.05, 3.63) is 51.8 Å². The maximum atomic E-state index is 13.1. The highest BCUT2D eigenvalue weighted by Gasteiger charge is 2.34. The molecule has 1 aromatic heterocycles. The van der Waals surface area contributed by atoms with Crippen molar-refractivity contribution in [1.82, 2.24) is 20.0 Å². The van der Waals surface area contributed by atoms with Gasteiger partial charge in [-0.3, -0.25) is 9.48 Å². The molecule has 0 spiro atoms. The first-order chi connectivity index (χ1) is 12.1. The number of carbonyl (C=O) groups excluding carboxylic acids is 1. The second-order valence-corrected chi connectivity index (χ2v) is 7.33. The van der Waals surface area contributed by atoms with Crippen LogP contribution in [0.1, 0.15) is 29.0 Å². The van der Waals surface area contributed by atoms with Gasteiger partial charge in [0.1, 0.15) is 12.1 Å². The number of rotatable bonds is 2. The zero-order chi connectivity index (χ0) is 17.4. The minimum absolute atomic E-state index is 0.106. The molecule has 1 N–H and O–H groups in total. The van der Waals surface area contributed by atoms with Gasteiger partial charge >= 0.3 is 0 Å². The minimum Gasteiger partial charge on any atom is -0.370 e. The van der Waals surface area contributed by atoms with Crippen LogP contribution < -0.4 is 5.32 Å². The predicted molar refractivity (Wildman–Crippen MR) is 97.1 cm³/mol. The van der Waals surface area contributed by atoms with Crippen molar-refractivity contribution in [2.24, 2.45) is 7.05 Å². The molecule has 2 unspecified atom stereocenters. The Morgan fingerprint density at radius 1 is 1.36 bits per heavy atom. The van der Waals surface area contributed by atoms with Gasteiger partial charge in [0.2, 0.25) is 5.91 Å². The largest absolute Gasteiger partial charge is 0.370 e. The van der Waals surface area contributed by atoms with E-state index in [0.29, 0.717) is 19.7 Å². The van der Waals surface area contributed by atoms with Gasteiger partial charge in [-0.25, -0.2) is 0 Å². The predicted octanol–water partition coefficient (Wildman–Crippen LogP) is 1.97. The van der Waals surface area contributed by atoms with Crippen LogP contribution in [0, 0.1) is 0 Å². The highest BCUT2D eigenvalue weighted by atomic mass is 79.9. The van der Waals surface area contributed by atoms with Gasteiger partial charge in [0, 0.05) is 42.3 Å². The number of hydrogen-bond donors (Lipinski definition) is 1. The normalized spacial score (nSPS) is 23.4. The molecule has 7 heteroatoms. The Hall–Kier alpha value is -1.70. The average molecular weight is 405 g/mol. The van der Waals surface area contributed by atoms with E-state index in [1.54, 1.807) is 0 Å². The SMILES string of the molecule is Cn1ncc2c1CCNC2C(=O)N1CCOC(c2ccccc2Br)C1. The molecule has 1 aromatic carbocycles. The van der Waals surface area contributed by atoms with Crippen LogP contribution in [0.3, 0.4) is 0 Å². The highest BCUT2D eigenvalue weighted by molar-refractivity contribution is 9.10. The van der Waals surface area contributed by atoms with E-state index in [-0.39, 0.29) is 18.1 Å². The number of aromatic nitrogens is 2. The third kappa shape index (κ3) is 3.12. The van der Waals surface area contributed by atoms with Crippen LogP contribution in [-0.4, -0.2) is 46.8 Å².